The second kappa shape index (κ2) is 6.75. The third kappa shape index (κ3) is 3.31. The summed E-state index contributed by atoms with van der Waals surface area (Å²) in [6.07, 6.45) is 0.965. The first-order valence-electron chi connectivity index (χ1n) is 7.49. The molecule has 0 fully saturated rings. The van der Waals surface area contributed by atoms with Gasteiger partial charge in [0.2, 0.25) is 5.91 Å². The number of hydrogen-bond donors (Lipinski definition) is 2. The second-order valence-electron chi connectivity index (χ2n) is 5.53. The summed E-state index contributed by atoms with van der Waals surface area (Å²) in [7, 11) is 0. The first-order chi connectivity index (χ1) is 9.63. The molecule has 0 radical (unpaired) electrons. The van der Waals surface area contributed by atoms with E-state index in [1.807, 2.05) is 13.0 Å². The monoisotopic (exact) mass is 275 g/mol. The van der Waals surface area contributed by atoms with Gasteiger partial charge in [0, 0.05) is 31.4 Å². The highest BCUT2D eigenvalue weighted by molar-refractivity contribution is 5.85. The van der Waals surface area contributed by atoms with Crippen molar-refractivity contribution in [1.82, 2.24) is 10.6 Å². The lowest BCUT2D eigenvalue weighted by Crippen LogP contribution is -2.48. The van der Waals surface area contributed by atoms with E-state index in [2.05, 4.69) is 47.6 Å². The Bertz CT molecular complexity index is 461. The summed E-state index contributed by atoms with van der Waals surface area (Å²) in [6.45, 7) is 8.66. The molecule has 2 N–H and O–H groups in total. The van der Waals surface area contributed by atoms with E-state index in [1.165, 1.54) is 11.3 Å². The first-order valence-corrected chi connectivity index (χ1v) is 7.49. The molecule has 1 heterocycles. The minimum Gasteiger partial charge on any atom is -0.358 e. The van der Waals surface area contributed by atoms with Gasteiger partial charge in [-0.3, -0.25) is 4.79 Å². The Balaban J connectivity index is 2.21. The van der Waals surface area contributed by atoms with Gasteiger partial charge in [-0.15, -0.1) is 0 Å². The Hall–Kier alpha value is -1.55. The average Bonchev–Trinajstić information content (AvgIpc) is 2.64. The molecule has 0 saturated carbocycles. The van der Waals surface area contributed by atoms with E-state index in [1.54, 1.807) is 0 Å². The van der Waals surface area contributed by atoms with Gasteiger partial charge in [0.25, 0.3) is 0 Å². The lowest BCUT2D eigenvalue weighted by molar-refractivity contribution is -0.122. The average molecular weight is 275 g/mol. The quantitative estimate of drug-likeness (QED) is 0.882. The molecule has 4 heteroatoms. The number of carbonyl (C=O) groups is 1. The second-order valence-corrected chi connectivity index (χ2v) is 5.53. The van der Waals surface area contributed by atoms with Crippen LogP contribution >= 0.6 is 0 Å². The van der Waals surface area contributed by atoms with E-state index in [0.29, 0.717) is 6.04 Å². The number of para-hydroxylation sites is 1. The maximum absolute atomic E-state index is 12.3. The van der Waals surface area contributed by atoms with Crippen LogP contribution in [0.1, 0.15) is 32.8 Å². The van der Waals surface area contributed by atoms with Crippen LogP contribution in [0.3, 0.4) is 0 Å². The topological polar surface area (TPSA) is 44.4 Å². The zero-order valence-electron chi connectivity index (χ0n) is 12.6. The highest BCUT2D eigenvalue weighted by Crippen LogP contribution is 2.25. The number of amides is 1. The zero-order valence-corrected chi connectivity index (χ0v) is 12.6. The molecule has 110 valence electrons. The molecule has 0 saturated heterocycles. The van der Waals surface area contributed by atoms with Crippen LogP contribution in [0.5, 0.6) is 0 Å². The van der Waals surface area contributed by atoms with Crippen molar-refractivity contribution >= 4 is 11.6 Å². The first kappa shape index (κ1) is 14.9. The number of nitrogens with one attached hydrogen (secondary N) is 2. The van der Waals surface area contributed by atoms with Gasteiger partial charge >= 0.3 is 0 Å². The summed E-state index contributed by atoms with van der Waals surface area (Å²) in [5, 5.41) is 6.49. The SMILES string of the molecule is CCCNC(=O)C(C)N1CC(C)NCc2ccccc21. The predicted octanol–water partition coefficient (Wildman–Crippen LogP) is 1.90. The highest BCUT2D eigenvalue weighted by Gasteiger charge is 2.26. The van der Waals surface area contributed by atoms with Crippen molar-refractivity contribution in [1.29, 1.82) is 0 Å². The fourth-order valence-corrected chi connectivity index (χ4v) is 2.59. The molecular formula is C16H25N3O. The van der Waals surface area contributed by atoms with Crippen LogP contribution in [-0.2, 0) is 11.3 Å². The van der Waals surface area contributed by atoms with Gasteiger partial charge in [0.1, 0.15) is 6.04 Å². The van der Waals surface area contributed by atoms with Crippen LogP contribution < -0.4 is 15.5 Å². The molecular weight excluding hydrogens is 250 g/mol. The number of carbonyl (C=O) groups excluding carboxylic acids is 1. The number of hydrogen-bond acceptors (Lipinski definition) is 3. The standard InChI is InChI=1S/C16H25N3O/c1-4-9-17-16(20)13(3)19-11-12(2)18-10-14-7-5-6-8-15(14)19/h5-8,12-13,18H,4,9-11H2,1-3H3,(H,17,20). The molecule has 20 heavy (non-hydrogen) atoms. The van der Waals surface area contributed by atoms with Gasteiger partial charge in [-0.1, -0.05) is 25.1 Å². The molecule has 1 amide bonds. The van der Waals surface area contributed by atoms with Gasteiger partial charge in [-0.25, -0.2) is 0 Å². The van der Waals surface area contributed by atoms with Gasteiger partial charge in [-0.2, -0.15) is 0 Å². The molecule has 4 nitrogen and oxygen atoms in total. The van der Waals surface area contributed by atoms with E-state index in [4.69, 9.17) is 0 Å². The third-order valence-corrected chi connectivity index (χ3v) is 3.81. The Morgan fingerprint density at radius 3 is 3.00 bits per heavy atom. The lowest BCUT2D eigenvalue weighted by Gasteiger charge is -2.31. The number of anilines is 1. The summed E-state index contributed by atoms with van der Waals surface area (Å²) < 4.78 is 0. The summed E-state index contributed by atoms with van der Waals surface area (Å²) in [4.78, 5) is 14.5. The van der Waals surface area contributed by atoms with E-state index in [9.17, 15) is 4.79 Å². The van der Waals surface area contributed by atoms with Crippen LogP contribution in [0.4, 0.5) is 5.69 Å². The zero-order chi connectivity index (χ0) is 14.5. The van der Waals surface area contributed by atoms with Crippen LogP contribution in [0.15, 0.2) is 24.3 Å². The van der Waals surface area contributed by atoms with Gasteiger partial charge in [-0.05, 0) is 31.9 Å². The molecule has 1 aliphatic heterocycles. The number of rotatable bonds is 4. The molecule has 1 aromatic carbocycles. The molecule has 2 rings (SSSR count). The summed E-state index contributed by atoms with van der Waals surface area (Å²) in [5.41, 5.74) is 2.43. The summed E-state index contributed by atoms with van der Waals surface area (Å²) in [5.74, 6) is 0.107. The van der Waals surface area contributed by atoms with Crippen molar-refractivity contribution in [3.63, 3.8) is 0 Å². The van der Waals surface area contributed by atoms with Crippen LogP contribution in [-0.4, -0.2) is 31.1 Å². The van der Waals surface area contributed by atoms with Crippen molar-refractivity contribution in [3.8, 4) is 0 Å². The Labute approximate surface area is 121 Å². The Morgan fingerprint density at radius 2 is 2.25 bits per heavy atom. The summed E-state index contributed by atoms with van der Waals surface area (Å²) >= 11 is 0. The van der Waals surface area contributed by atoms with Gasteiger partial charge in [0.05, 0.1) is 0 Å². The normalized spacial score (nSPS) is 19.9. The largest absolute Gasteiger partial charge is 0.358 e. The fourth-order valence-electron chi connectivity index (χ4n) is 2.59. The van der Waals surface area contributed by atoms with E-state index in [-0.39, 0.29) is 11.9 Å². The molecule has 0 aliphatic carbocycles. The van der Waals surface area contributed by atoms with Crippen molar-refractivity contribution < 1.29 is 4.79 Å². The Kier molecular flexibility index (Phi) is 5.01. The maximum atomic E-state index is 12.3. The summed E-state index contributed by atoms with van der Waals surface area (Å²) in [6, 6.07) is 8.55. The van der Waals surface area contributed by atoms with E-state index in [0.717, 1.165) is 26.1 Å². The third-order valence-electron chi connectivity index (χ3n) is 3.81. The highest BCUT2D eigenvalue weighted by atomic mass is 16.2. The molecule has 0 bridgehead atoms. The number of benzene rings is 1. The number of fused-ring (bicyclic) bond motifs is 1. The fraction of sp³-hybridized carbons (Fsp3) is 0.562. The molecule has 0 spiro atoms. The van der Waals surface area contributed by atoms with Gasteiger partial charge in [0.15, 0.2) is 0 Å². The van der Waals surface area contributed by atoms with Crippen molar-refractivity contribution in [2.45, 2.75) is 45.8 Å². The minimum atomic E-state index is -0.148. The van der Waals surface area contributed by atoms with Crippen molar-refractivity contribution in [2.75, 3.05) is 18.0 Å². The maximum Gasteiger partial charge on any atom is 0.242 e. The molecule has 2 unspecified atom stereocenters. The van der Waals surface area contributed by atoms with Crippen molar-refractivity contribution in [2.24, 2.45) is 0 Å². The molecule has 0 aromatic heterocycles. The number of nitrogens with zero attached hydrogens (tertiary/aromatic N) is 1. The lowest BCUT2D eigenvalue weighted by atomic mass is 10.1. The molecule has 1 aliphatic rings. The molecule has 2 atom stereocenters. The Morgan fingerprint density at radius 1 is 1.50 bits per heavy atom. The van der Waals surface area contributed by atoms with Crippen molar-refractivity contribution in [3.05, 3.63) is 29.8 Å². The van der Waals surface area contributed by atoms with Crippen LogP contribution in [0, 0.1) is 0 Å². The van der Waals surface area contributed by atoms with Crippen LogP contribution in [0.2, 0.25) is 0 Å². The van der Waals surface area contributed by atoms with E-state index < -0.39 is 0 Å². The predicted molar refractivity (Wildman–Crippen MR) is 82.9 cm³/mol. The minimum absolute atomic E-state index is 0.107. The van der Waals surface area contributed by atoms with Gasteiger partial charge < -0.3 is 15.5 Å². The van der Waals surface area contributed by atoms with E-state index >= 15 is 0 Å². The smallest absolute Gasteiger partial charge is 0.242 e. The molecule has 1 aromatic rings. The van der Waals surface area contributed by atoms with Crippen LogP contribution in [0.25, 0.3) is 0 Å².